The van der Waals surface area contributed by atoms with Gasteiger partial charge < -0.3 is 25.4 Å². The number of ether oxygens (including phenoxy) is 2. The summed E-state index contributed by atoms with van der Waals surface area (Å²) in [5.74, 6) is 0.441. The van der Waals surface area contributed by atoms with Gasteiger partial charge in [-0.15, -0.1) is 44.5 Å². The average molecular weight is 787 g/mol. The van der Waals surface area contributed by atoms with E-state index in [2.05, 4.69) is 40.0 Å². The average Bonchev–Trinajstić information content (AvgIpc) is 3.76. The molecule has 276 valence electrons. The van der Waals surface area contributed by atoms with Crippen molar-refractivity contribution in [3.05, 3.63) is 78.5 Å². The third kappa shape index (κ3) is 8.58. The number of nitrogens with one attached hydrogen (secondary N) is 3. The molecule has 0 fully saturated rings. The van der Waals surface area contributed by atoms with Crippen molar-refractivity contribution in [3.63, 3.8) is 0 Å². The minimum Gasteiger partial charge on any atom is -0.377 e. The zero-order chi connectivity index (χ0) is 36.8. The topological polar surface area (TPSA) is 149 Å². The van der Waals surface area contributed by atoms with Crippen LogP contribution >= 0.6 is 45.9 Å². The van der Waals surface area contributed by atoms with Crippen molar-refractivity contribution in [2.24, 2.45) is 4.99 Å². The molecule has 52 heavy (non-hydrogen) atoms. The monoisotopic (exact) mass is 785 g/mol. The summed E-state index contributed by atoms with van der Waals surface area (Å²) >= 11 is 15.0. The van der Waals surface area contributed by atoms with Crippen molar-refractivity contribution in [2.75, 3.05) is 50.7 Å². The van der Waals surface area contributed by atoms with Crippen LogP contribution in [-0.4, -0.2) is 83.6 Å². The van der Waals surface area contributed by atoms with Crippen molar-refractivity contribution in [3.8, 4) is 5.00 Å². The largest absolute Gasteiger partial charge is 0.377 e. The first-order valence-electron chi connectivity index (χ1n) is 17.2. The molecule has 0 unspecified atom stereocenters. The fourth-order valence-corrected chi connectivity index (χ4v) is 9.05. The molecule has 12 nitrogen and oxygen atoms in total. The van der Waals surface area contributed by atoms with Crippen molar-refractivity contribution >= 4 is 74.3 Å². The van der Waals surface area contributed by atoms with Crippen LogP contribution in [0.3, 0.4) is 0 Å². The van der Waals surface area contributed by atoms with Crippen molar-refractivity contribution in [1.82, 2.24) is 25.4 Å². The van der Waals surface area contributed by atoms with Gasteiger partial charge in [0.25, 0.3) is 5.91 Å². The van der Waals surface area contributed by atoms with Gasteiger partial charge in [-0.25, -0.2) is 0 Å². The maximum absolute atomic E-state index is 13.2. The number of aromatic nitrogens is 3. The number of hydrogen-bond donors (Lipinski definition) is 3. The molecule has 16 heteroatoms. The summed E-state index contributed by atoms with van der Waals surface area (Å²) < 4.78 is 13.3. The van der Waals surface area contributed by atoms with Crippen LogP contribution in [0.4, 0.5) is 5.00 Å². The molecule has 1 aliphatic heterocycles. The fraction of sp³-hybridized carbons (Fsp3) is 0.444. The molecule has 1 aliphatic carbocycles. The SMILES string of the molecule is Cc1sc2c(c1C)C(c1ccc(Cl)cc1)=N[C@@H](CC(=O)NCCOCCOCCNC(=O)c1c(NC(=O)CCl)sc3c1CCCC3)c1nnc(C)n1-2. The molecule has 1 atom stereocenters. The summed E-state index contributed by atoms with van der Waals surface area (Å²) in [5.41, 5.74) is 5.40. The zero-order valence-electron chi connectivity index (χ0n) is 29.3. The second-order valence-corrected chi connectivity index (χ2v) is 15.5. The van der Waals surface area contributed by atoms with E-state index in [1.807, 2.05) is 35.8 Å². The number of rotatable bonds is 15. The molecule has 3 N–H and O–H groups in total. The number of hydrogen-bond acceptors (Lipinski definition) is 10. The number of alkyl halides is 1. The number of amides is 3. The number of benzene rings is 1. The van der Waals surface area contributed by atoms with Gasteiger partial charge >= 0.3 is 0 Å². The molecular weight excluding hydrogens is 745 g/mol. The molecule has 0 radical (unpaired) electrons. The molecule has 0 saturated heterocycles. The third-order valence-electron chi connectivity index (χ3n) is 8.98. The molecular formula is C36H41Cl2N7O5S2. The van der Waals surface area contributed by atoms with Gasteiger partial charge in [-0.05, 0) is 69.7 Å². The van der Waals surface area contributed by atoms with Crippen molar-refractivity contribution in [1.29, 1.82) is 0 Å². The van der Waals surface area contributed by atoms with Crippen LogP contribution in [0.1, 0.15) is 79.3 Å². The van der Waals surface area contributed by atoms with E-state index >= 15 is 0 Å². The van der Waals surface area contributed by atoms with Gasteiger partial charge in [0.05, 0.1) is 44.1 Å². The highest BCUT2D eigenvalue weighted by Crippen LogP contribution is 2.40. The molecule has 0 spiro atoms. The Hall–Kier alpha value is -3.66. The van der Waals surface area contributed by atoms with Crippen LogP contribution < -0.4 is 16.0 Å². The van der Waals surface area contributed by atoms with Crippen LogP contribution in [0.25, 0.3) is 5.00 Å². The standard InChI is InChI=1S/C36H41Cl2N7O5S2/c1-20-21(2)51-36-30(20)32(23-8-10-24(38)11-9-23)41-26(33-44-43-22(3)45(33)36)18-28(46)39-12-14-49-16-17-50-15-13-40-34(48)31-25-6-4-5-7-27(25)52-35(31)42-29(47)19-37/h8-11,26H,4-7,12-19H2,1-3H3,(H,39,46)(H,40,48)(H,42,47)/t26-/m0/s1. The van der Waals surface area contributed by atoms with Gasteiger partial charge in [-0.1, -0.05) is 23.7 Å². The lowest BCUT2D eigenvalue weighted by molar-refractivity contribution is -0.121. The Labute approximate surface area is 320 Å². The van der Waals surface area contributed by atoms with Gasteiger partial charge in [-0.3, -0.25) is 23.9 Å². The highest BCUT2D eigenvalue weighted by atomic mass is 35.5. The van der Waals surface area contributed by atoms with Gasteiger partial charge in [0.1, 0.15) is 27.7 Å². The Morgan fingerprint density at radius 3 is 2.37 bits per heavy atom. The normalized spacial score (nSPS) is 14.9. The van der Waals surface area contributed by atoms with E-state index in [-0.39, 0.29) is 30.0 Å². The predicted molar refractivity (Wildman–Crippen MR) is 205 cm³/mol. The summed E-state index contributed by atoms with van der Waals surface area (Å²) in [5, 5.41) is 19.6. The number of fused-ring (bicyclic) bond motifs is 4. The molecule has 0 saturated carbocycles. The van der Waals surface area contributed by atoms with Crippen molar-refractivity contribution in [2.45, 2.75) is 58.9 Å². The van der Waals surface area contributed by atoms with E-state index in [9.17, 15) is 14.4 Å². The molecule has 3 amide bonds. The number of thiophene rings is 2. The number of carbonyl (C=O) groups excluding carboxylic acids is 3. The summed E-state index contributed by atoms with van der Waals surface area (Å²) in [6, 6.07) is 7.03. The highest BCUT2D eigenvalue weighted by molar-refractivity contribution is 7.17. The van der Waals surface area contributed by atoms with Gasteiger partial charge in [0, 0.05) is 39.0 Å². The lowest BCUT2D eigenvalue weighted by Gasteiger charge is -2.14. The third-order valence-corrected chi connectivity index (χ3v) is 11.9. The number of halogens is 2. The maximum Gasteiger partial charge on any atom is 0.254 e. The minimum absolute atomic E-state index is 0.0891. The Morgan fingerprint density at radius 2 is 1.63 bits per heavy atom. The first kappa shape index (κ1) is 38.1. The van der Waals surface area contributed by atoms with Crippen LogP contribution in [0.2, 0.25) is 5.02 Å². The van der Waals surface area contributed by atoms with Crippen LogP contribution in [0.5, 0.6) is 0 Å². The summed E-state index contributed by atoms with van der Waals surface area (Å²) in [6.45, 7) is 7.99. The van der Waals surface area contributed by atoms with Crippen LogP contribution in [0, 0.1) is 20.8 Å². The van der Waals surface area contributed by atoms with Gasteiger partial charge in [-0.2, -0.15) is 0 Å². The number of carbonyl (C=O) groups is 3. The summed E-state index contributed by atoms with van der Waals surface area (Å²) in [7, 11) is 0. The number of anilines is 1. The van der Waals surface area contributed by atoms with Crippen LogP contribution in [-0.2, 0) is 31.9 Å². The Morgan fingerprint density at radius 1 is 0.923 bits per heavy atom. The smallest absolute Gasteiger partial charge is 0.254 e. The van der Waals surface area contributed by atoms with E-state index in [1.54, 1.807) is 11.3 Å². The fourth-order valence-electron chi connectivity index (χ4n) is 6.34. The molecule has 3 aromatic heterocycles. The number of aliphatic imine (C=N–C) groups is 1. The lowest BCUT2D eigenvalue weighted by atomic mass is 9.95. The maximum atomic E-state index is 13.2. The van der Waals surface area contributed by atoms with E-state index in [0.29, 0.717) is 60.9 Å². The van der Waals surface area contributed by atoms with E-state index in [0.717, 1.165) is 69.4 Å². The lowest BCUT2D eigenvalue weighted by Crippen LogP contribution is -2.30. The van der Waals surface area contributed by atoms with E-state index in [4.69, 9.17) is 37.7 Å². The molecule has 0 bridgehead atoms. The van der Waals surface area contributed by atoms with E-state index in [1.165, 1.54) is 16.2 Å². The van der Waals surface area contributed by atoms with E-state index < -0.39 is 6.04 Å². The molecule has 4 heterocycles. The van der Waals surface area contributed by atoms with Crippen LogP contribution in [0.15, 0.2) is 29.3 Å². The Kier molecular flexibility index (Phi) is 12.8. The highest BCUT2D eigenvalue weighted by Gasteiger charge is 2.32. The summed E-state index contributed by atoms with van der Waals surface area (Å²) in [4.78, 5) is 45.7. The number of nitrogens with zero attached hydrogens (tertiary/aromatic N) is 4. The second-order valence-electron chi connectivity index (χ2n) is 12.5. The molecule has 2 aliphatic rings. The zero-order valence-corrected chi connectivity index (χ0v) is 32.4. The Balaban J connectivity index is 0.955. The van der Waals surface area contributed by atoms with Gasteiger partial charge in [0.15, 0.2) is 5.82 Å². The Bertz CT molecular complexity index is 1970. The van der Waals surface area contributed by atoms with Crippen molar-refractivity contribution < 1.29 is 23.9 Å². The first-order chi connectivity index (χ1) is 25.2. The quantitative estimate of drug-likeness (QED) is 0.101. The second kappa shape index (κ2) is 17.4. The van der Waals surface area contributed by atoms with Gasteiger partial charge in [0.2, 0.25) is 11.8 Å². The molecule has 6 rings (SSSR count). The molecule has 4 aromatic rings. The minimum atomic E-state index is -0.554. The molecule has 1 aromatic carbocycles. The summed E-state index contributed by atoms with van der Waals surface area (Å²) in [6.07, 6.45) is 3.90. The first-order valence-corrected chi connectivity index (χ1v) is 19.8. The number of aryl methyl sites for hydroxylation is 3. The predicted octanol–water partition coefficient (Wildman–Crippen LogP) is 5.89.